The molecule has 3 nitrogen and oxygen atoms in total. The average molecular weight is 248 g/mol. The van der Waals surface area contributed by atoms with Crippen LogP contribution in [-0.2, 0) is 0 Å². The lowest BCUT2D eigenvalue weighted by atomic mass is 10.1. The van der Waals surface area contributed by atoms with Crippen molar-refractivity contribution in [1.29, 1.82) is 0 Å². The Labute approximate surface area is 102 Å². The van der Waals surface area contributed by atoms with Gasteiger partial charge in [-0.2, -0.15) is 0 Å². The molecular formula is C13H10F2N2O. The molecule has 0 saturated heterocycles. The lowest BCUT2D eigenvalue weighted by Gasteiger charge is -2.27. The standard InChI is InChI=1S/C13H10F2N2O/c14-8-3-1-4-9(15)12(8)10-7-18-11-5-2-6-16-13(11)17-10/h1-6,10H,7H2,(H,16,17). The second kappa shape index (κ2) is 4.25. The van der Waals surface area contributed by atoms with Crippen molar-refractivity contribution in [2.24, 2.45) is 0 Å². The van der Waals surface area contributed by atoms with Crippen molar-refractivity contribution in [2.45, 2.75) is 6.04 Å². The van der Waals surface area contributed by atoms with Crippen LogP contribution in [0.25, 0.3) is 0 Å². The highest BCUT2D eigenvalue weighted by molar-refractivity contribution is 5.53. The van der Waals surface area contributed by atoms with Gasteiger partial charge in [0.1, 0.15) is 18.2 Å². The lowest BCUT2D eigenvalue weighted by molar-refractivity contribution is 0.278. The number of benzene rings is 1. The molecule has 92 valence electrons. The molecule has 1 unspecified atom stereocenters. The maximum Gasteiger partial charge on any atom is 0.169 e. The molecule has 0 saturated carbocycles. The predicted molar refractivity (Wildman–Crippen MR) is 62.5 cm³/mol. The van der Waals surface area contributed by atoms with E-state index in [1.165, 1.54) is 18.2 Å². The van der Waals surface area contributed by atoms with Crippen LogP contribution in [0.3, 0.4) is 0 Å². The van der Waals surface area contributed by atoms with Crippen molar-refractivity contribution in [3.05, 3.63) is 53.7 Å². The van der Waals surface area contributed by atoms with Crippen LogP contribution in [-0.4, -0.2) is 11.6 Å². The molecule has 1 aliphatic heterocycles. The highest BCUT2D eigenvalue weighted by atomic mass is 19.1. The second-order valence-electron chi connectivity index (χ2n) is 3.99. The van der Waals surface area contributed by atoms with Gasteiger partial charge in [0.25, 0.3) is 0 Å². The molecule has 2 aromatic rings. The number of hydrogen-bond acceptors (Lipinski definition) is 3. The molecule has 3 rings (SSSR count). The SMILES string of the molecule is Fc1cccc(F)c1C1COc2cccnc2N1. The number of anilines is 1. The van der Waals surface area contributed by atoms with Gasteiger partial charge >= 0.3 is 0 Å². The molecule has 0 spiro atoms. The average Bonchev–Trinajstić information content (AvgIpc) is 2.38. The van der Waals surface area contributed by atoms with Gasteiger partial charge in [0.2, 0.25) is 0 Å². The Bertz CT molecular complexity index is 569. The molecule has 5 heteroatoms. The monoisotopic (exact) mass is 248 g/mol. The summed E-state index contributed by atoms with van der Waals surface area (Å²) in [5, 5.41) is 2.98. The zero-order valence-corrected chi connectivity index (χ0v) is 9.36. The number of rotatable bonds is 1. The molecule has 1 atom stereocenters. The van der Waals surface area contributed by atoms with Crippen molar-refractivity contribution >= 4 is 5.82 Å². The van der Waals surface area contributed by atoms with Crippen LogP contribution in [0.15, 0.2) is 36.5 Å². The molecule has 2 heterocycles. The molecule has 1 aliphatic rings. The van der Waals surface area contributed by atoms with Crippen LogP contribution in [0, 0.1) is 11.6 Å². The Hall–Kier alpha value is -2.17. The minimum Gasteiger partial charge on any atom is -0.487 e. The zero-order valence-electron chi connectivity index (χ0n) is 9.36. The number of halogens is 2. The van der Waals surface area contributed by atoms with E-state index in [1.807, 2.05) is 0 Å². The molecular weight excluding hydrogens is 238 g/mol. The van der Waals surface area contributed by atoms with E-state index in [2.05, 4.69) is 10.3 Å². The molecule has 1 aromatic heterocycles. The number of aromatic nitrogens is 1. The highest BCUT2D eigenvalue weighted by Crippen LogP contribution is 2.33. The molecule has 0 radical (unpaired) electrons. The van der Waals surface area contributed by atoms with E-state index in [1.54, 1.807) is 18.3 Å². The number of pyridine rings is 1. The zero-order chi connectivity index (χ0) is 12.5. The van der Waals surface area contributed by atoms with E-state index in [4.69, 9.17) is 4.74 Å². The smallest absolute Gasteiger partial charge is 0.169 e. The van der Waals surface area contributed by atoms with Crippen LogP contribution in [0.1, 0.15) is 11.6 Å². The fourth-order valence-electron chi connectivity index (χ4n) is 1.99. The van der Waals surface area contributed by atoms with Crippen LogP contribution in [0.2, 0.25) is 0 Å². The van der Waals surface area contributed by atoms with Gasteiger partial charge in [-0.15, -0.1) is 0 Å². The van der Waals surface area contributed by atoms with Crippen molar-refractivity contribution in [1.82, 2.24) is 4.98 Å². The van der Waals surface area contributed by atoms with Gasteiger partial charge < -0.3 is 10.1 Å². The van der Waals surface area contributed by atoms with Gasteiger partial charge in [-0.05, 0) is 24.3 Å². The molecule has 0 amide bonds. The maximum absolute atomic E-state index is 13.7. The van der Waals surface area contributed by atoms with Gasteiger partial charge in [0.05, 0.1) is 6.04 Å². The van der Waals surface area contributed by atoms with Crippen molar-refractivity contribution in [3.8, 4) is 5.75 Å². The Balaban J connectivity index is 1.97. The summed E-state index contributed by atoms with van der Waals surface area (Å²) in [6, 6.07) is 6.72. The maximum atomic E-state index is 13.7. The topological polar surface area (TPSA) is 34.1 Å². The third-order valence-corrected chi connectivity index (χ3v) is 2.84. The van der Waals surface area contributed by atoms with E-state index in [-0.39, 0.29) is 12.2 Å². The van der Waals surface area contributed by atoms with E-state index >= 15 is 0 Å². The summed E-state index contributed by atoms with van der Waals surface area (Å²) in [6.45, 7) is 0.163. The first kappa shape index (κ1) is 11.0. The summed E-state index contributed by atoms with van der Waals surface area (Å²) in [7, 11) is 0. The molecule has 18 heavy (non-hydrogen) atoms. The van der Waals surface area contributed by atoms with E-state index in [0.717, 1.165) is 0 Å². The fourth-order valence-corrected chi connectivity index (χ4v) is 1.99. The number of nitrogens with one attached hydrogen (secondary N) is 1. The van der Waals surface area contributed by atoms with Crippen LogP contribution < -0.4 is 10.1 Å². The van der Waals surface area contributed by atoms with Crippen molar-refractivity contribution < 1.29 is 13.5 Å². The minimum absolute atomic E-state index is 0.0196. The summed E-state index contributed by atoms with van der Waals surface area (Å²) in [5.41, 5.74) is -0.0196. The van der Waals surface area contributed by atoms with Crippen LogP contribution in [0.4, 0.5) is 14.6 Å². The van der Waals surface area contributed by atoms with Crippen molar-refractivity contribution in [2.75, 3.05) is 11.9 Å². The number of fused-ring (bicyclic) bond motifs is 1. The molecule has 0 fully saturated rings. The molecule has 0 bridgehead atoms. The summed E-state index contributed by atoms with van der Waals surface area (Å²) in [5.74, 6) is -0.0899. The quantitative estimate of drug-likeness (QED) is 0.842. The largest absolute Gasteiger partial charge is 0.487 e. The van der Waals surface area contributed by atoms with Gasteiger partial charge in [-0.3, -0.25) is 0 Å². The van der Waals surface area contributed by atoms with E-state index in [0.29, 0.717) is 11.6 Å². The normalized spacial score (nSPS) is 17.6. The molecule has 1 N–H and O–H groups in total. The Morgan fingerprint density at radius 2 is 1.94 bits per heavy atom. The Morgan fingerprint density at radius 1 is 1.17 bits per heavy atom. The van der Waals surface area contributed by atoms with E-state index < -0.39 is 17.7 Å². The predicted octanol–water partition coefficient (Wildman–Crippen LogP) is 2.91. The summed E-state index contributed by atoms with van der Waals surface area (Å²) in [6.07, 6.45) is 1.59. The number of hydrogen-bond donors (Lipinski definition) is 1. The van der Waals surface area contributed by atoms with Crippen LogP contribution in [0.5, 0.6) is 5.75 Å². The Morgan fingerprint density at radius 3 is 2.72 bits per heavy atom. The second-order valence-corrected chi connectivity index (χ2v) is 3.99. The molecule has 0 aliphatic carbocycles. The van der Waals surface area contributed by atoms with Crippen molar-refractivity contribution in [3.63, 3.8) is 0 Å². The van der Waals surface area contributed by atoms with E-state index in [9.17, 15) is 8.78 Å². The highest BCUT2D eigenvalue weighted by Gasteiger charge is 2.26. The summed E-state index contributed by atoms with van der Waals surface area (Å²) < 4.78 is 32.8. The number of ether oxygens (including phenoxy) is 1. The van der Waals surface area contributed by atoms with Gasteiger partial charge in [-0.25, -0.2) is 13.8 Å². The fraction of sp³-hybridized carbons (Fsp3) is 0.154. The first-order chi connectivity index (χ1) is 8.75. The van der Waals surface area contributed by atoms with Gasteiger partial charge in [-0.1, -0.05) is 6.07 Å². The third-order valence-electron chi connectivity index (χ3n) is 2.84. The van der Waals surface area contributed by atoms with Gasteiger partial charge in [0, 0.05) is 11.8 Å². The lowest BCUT2D eigenvalue weighted by Crippen LogP contribution is -2.26. The Kier molecular flexibility index (Phi) is 2.59. The molecule has 1 aromatic carbocycles. The van der Waals surface area contributed by atoms with Crippen LogP contribution >= 0.6 is 0 Å². The summed E-state index contributed by atoms with van der Waals surface area (Å²) in [4.78, 5) is 4.07. The number of nitrogens with zero attached hydrogens (tertiary/aromatic N) is 1. The summed E-state index contributed by atoms with van der Waals surface area (Å²) >= 11 is 0. The first-order valence-corrected chi connectivity index (χ1v) is 5.54. The minimum atomic E-state index is -0.588. The third kappa shape index (κ3) is 1.77. The van der Waals surface area contributed by atoms with Gasteiger partial charge in [0.15, 0.2) is 11.6 Å². The first-order valence-electron chi connectivity index (χ1n) is 5.54.